The largest absolute Gasteiger partial charge is 0.508 e. The van der Waals surface area contributed by atoms with E-state index in [9.17, 15) is 4.79 Å². The lowest BCUT2D eigenvalue weighted by molar-refractivity contribution is -0.00623. The average Bonchev–Trinajstić information content (AvgIpc) is 2.09. The van der Waals surface area contributed by atoms with E-state index in [0.717, 1.165) is 0 Å². The lowest BCUT2D eigenvalue weighted by Crippen LogP contribution is -2.29. The molecule has 0 aliphatic carbocycles. The molecule has 0 aromatic heterocycles. The van der Waals surface area contributed by atoms with Crippen LogP contribution in [0.15, 0.2) is 12.7 Å². The first-order chi connectivity index (χ1) is 6.49. The van der Waals surface area contributed by atoms with Crippen molar-refractivity contribution in [3.05, 3.63) is 12.7 Å². The summed E-state index contributed by atoms with van der Waals surface area (Å²) < 4.78 is 9.91. The van der Waals surface area contributed by atoms with E-state index in [2.05, 4.69) is 6.58 Å². The summed E-state index contributed by atoms with van der Waals surface area (Å²) >= 11 is 0. The number of carbonyl (C=O) groups excluding carboxylic acids is 1. The van der Waals surface area contributed by atoms with Crippen LogP contribution in [0.4, 0.5) is 4.79 Å². The molecule has 0 fully saturated rings. The van der Waals surface area contributed by atoms with Crippen molar-refractivity contribution in [3.8, 4) is 0 Å². The first-order valence-corrected chi connectivity index (χ1v) is 4.93. The monoisotopic (exact) mass is 200 g/mol. The summed E-state index contributed by atoms with van der Waals surface area (Å²) in [6.07, 6.45) is 0.811. The van der Waals surface area contributed by atoms with Gasteiger partial charge in [-0.2, -0.15) is 0 Å². The first kappa shape index (κ1) is 13.0. The van der Waals surface area contributed by atoms with Crippen LogP contribution < -0.4 is 0 Å². The van der Waals surface area contributed by atoms with Crippen LogP contribution >= 0.6 is 0 Å². The van der Waals surface area contributed by atoms with Crippen molar-refractivity contribution in [3.63, 3.8) is 0 Å². The second-order valence-electron chi connectivity index (χ2n) is 3.92. The van der Waals surface area contributed by atoms with Gasteiger partial charge in [0.1, 0.15) is 12.7 Å². The summed E-state index contributed by atoms with van der Waals surface area (Å²) in [4.78, 5) is 11.1. The Kier molecular flexibility index (Phi) is 6.00. The van der Waals surface area contributed by atoms with E-state index >= 15 is 0 Å². The summed E-state index contributed by atoms with van der Waals surface area (Å²) in [5.74, 6) is 0.595. The minimum atomic E-state index is -0.614. The zero-order chi connectivity index (χ0) is 11.1. The van der Waals surface area contributed by atoms with Gasteiger partial charge >= 0.3 is 6.16 Å². The van der Waals surface area contributed by atoms with Crippen LogP contribution in [0.1, 0.15) is 27.7 Å². The van der Waals surface area contributed by atoms with Gasteiger partial charge in [0.25, 0.3) is 0 Å². The predicted molar refractivity (Wildman–Crippen MR) is 56.1 cm³/mol. The number of rotatable bonds is 5. The van der Waals surface area contributed by atoms with Crippen LogP contribution in [0.5, 0.6) is 0 Å². The fourth-order valence-electron chi connectivity index (χ4n) is 1.31. The Bertz CT molecular complexity index is 177. The van der Waals surface area contributed by atoms with Crippen molar-refractivity contribution >= 4 is 6.16 Å². The molecule has 0 aliphatic heterocycles. The smallest absolute Gasteiger partial charge is 0.430 e. The van der Waals surface area contributed by atoms with Gasteiger partial charge in [0.2, 0.25) is 0 Å². The zero-order valence-electron chi connectivity index (χ0n) is 9.45. The number of ether oxygens (including phenoxy) is 2. The van der Waals surface area contributed by atoms with Crippen LogP contribution in [0, 0.1) is 11.8 Å². The third-order valence-electron chi connectivity index (χ3n) is 1.87. The molecule has 14 heavy (non-hydrogen) atoms. The SMILES string of the molecule is C=CCOC(=O)OC(C(C)C)C(C)C. The Labute approximate surface area is 86.1 Å². The van der Waals surface area contributed by atoms with Crippen LogP contribution in [0.2, 0.25) is 0 Å². The molecule has 0 unspecified atom stereocenters. The van der Waals surface area contributed by atoms with Crippen molar-refractivity contribution < 1.29 is 14.3 Å². The predicted octanol–water partition coefficient (Wildman–Crippen LogP) is 3.01. The molecular formula is C11H20O3. The van der Waals surface area contributed by atoms with Crippen LogP contribution in [-0.4, -0.2) is 18.9 Å². The standard InChI is InChI=1S/C11H20O3/c1-6-7-13-11(12)14-10(8(2)3)9(4)5/h6,8-10H,1,7H2,2-5H3. The molecule has 0 heterocycles. The minimum absolute atomic E-state index is 0.0904. The molecular weight excluding hydrogens is 180 g/mol. The van der Waals surface area contributed by atoms with Gasteiger partial charge in [-0.05, 0) is 11.8 Å². The van der Waals surface area contributed by atoms with Gasteiger partial charge in [-0.1, -0.05) is 40.3 Å². The van der Waals surface area contributed by atoms with Gasteiger partial charge in [0, 0.05) is 0 Å². The van der Waals surface area contributed by atoms with Crippen LogP contribution in [-0.2, 0) is 9.47 Å². The average molecular weight is 200 g/mol. The molecule has 0 radical (unpaired) electrons. The molecule has 0 aliphatic rings. The maximum absolute atomic E-state index is 11.1. The lowest BCUT2D eigenvalue weighted by atomic mass is 9.96. The maximum atomic E-state index is 11.1. The van der Waals surface area contributed by atoms with Crippen molar-refractivity contribution in [2.45, 2.75) is 33.8 Å². The Hall–Kier alpha value is -0.990. The van der Waals surface area contributed by atoms with Gasteiger partial charge in [-0.15, -0.1) is 0 Å². The van der Waals surface area contributed by atoms with Gasteiger partial charge in [-0.25, -0.2) is 4.79 Å². The van der Waals surface area contributed by atoms with Gasteiger partial charge in [0.05, 0.1) is 0 Å². The Morgan fingerprint density at radius 2 is 1.79 bits per heavy atom. The molecule has 82 valence electrons. The highest BCUT2D eigenvalue weighted by molar-refractivity contribution is 5.60. The Morgan fingerprint density at radius 3 is 2.14 bits per heavy atom. The highest BCUT2D eigenvalue weighted by Gasteiger charge is 2.22. The normalized spacial score (nSPS) is 10.8. The summed E-state index contributed by atoms with van der Waals surface area (Å²) in [6.45, 7) is 11.7. The molecule has 0 rings (SSSR count). The molecule has 0 amide bonds. The van der Waals surface area contributed by atoms with Crippen LogP contribution in [0.3, 0.4) is 0 Å². The van der Waals surface area contributed by atoms with E-state index in [1.54, 1.807) is 0 Å². The minimum Gasteiger partial charge on any atom is -0.430 e. The maximum Gasteiger partial charge on any atom is 0.508 e. The van der Waals surface area contributed by atoms with Crippen molar-refractivity contribution in [2.24, 2.45) is 11.8 Å². The van der Waals surface area contributed by atoms with E-state index in [0.29, 0.717) is 11.8 Å². The van der Waals surface area contributed by atoms with Gasteiger partial charge < -0.3 is 9.47 Å². The van der Waals surface area contributed by atoms with Gasteiger partial charge in [0.15, 0.2) is 0 Å². The zero-order valence-corrected chi connectivity index (χ0v) is 9.45. The fraction of sp³-hybridized carbons (Fsp3) is 0.727. The van der Waals surface area contributed by atoms with Crippen molar-refractivity contribution in [2.75, 3.05) is 6.61 Å². The number of hydrogen-bond donors (Lipinski definition) is 0. The molecule has 0 aromatic carbocycles. The molecule has 0 N–H and O–H groups in total. The summed E-state index contributed by atoms with van der Waals surface area (Å²) in [6, 6.07) is 0. The van der Waals surface area contributed by atoms with Crippen molar-refractivity contribution in [1.29, 1.82) is 0 Å². The second-order valence-corrected chi connectivity index (χ2v) is 3.92. The molecule has 0 saturated carbocycles. The molecule has 0 atom stereocenters. The van der Waals surface area contributed by atoms with E-state index in [-0.39, 0.29) is 12.7 Å². The summed E-state index contributed by atoms with van der Waals surface area (Å²) in [5, 5.41) is 0. The molecule has 0 bridgehead atoms. The van der Waals surface area contributed by atoms with Crippen LogP contribution in [0.25, 0.3) is 0 Å². The molecule has 3 nitrogen and oxygen atoms in total. The number of hydrogen-bond acceptors (Lipinski definition) is 3. The van der Waals surface area contributed by atoms with E-state index in [4.69, 9.17) is 9.47 Å². The second kappa shape index (κ2) is 6.46. The number of carbonyl (C=O) groups is 1. The third-order valence-corrected chi connectivity index (χ3v) is 1.87. The lowest BCUT2D eigenvalue weighted by Gasteiger charge is -2.24. The quantitative estimate of drug-likeness (QED) is 0.505. The first-order valence-electron chi connectivity index (χ1n) is 4.93. The van der Waals surface area contributed by atoms with E-state index < -0.39 is 6.16 Å². The topological polar surface area (TPSA) is 35.5 Å². The van der Waals surface area contributed by atoms with E-state index in [1.165, 1.54) is 6.08 Å². The molecule has 3 heteroatoms. The molecule has 0 saturated heterocycles. The molecule has 0 aromatic rings. The Balaban J connectivity index is 4.03. The van der Waals surface area contributed by atoms with Crippen molar-refractivity contribution in [1.82, 2.24) is 0 Å². The fourth-order valence-corrected chi connectivity index (χ4v) is 1.31. The Morgan fingerprint density at radius 1 is 1.29 bits per heavy atom. The summed E-state index contributed by atoms with van der Waals surface area (Å²) in [5.41, 5.74) is 0. The highest BCUT2D eigenvalue weighted by atomic mass is 16.7. The van der Waals surface area contributed by atoms with E-state index in [1.807, 2.05) is 27.7 Å². The molecule has 0 spiro atoms. The summed E-state index contributed by atoms with van der Waals surface area (Å²) in [7, 11) is 0. The third kappa shape index (κ3) is 4.90. The highest BCUT2D eigenvalue weighted by Crippen LogP contribution is 2.16. The van der Waals surface area contributed by atoms with Gasteiger partial charge in [-0.3, -0.25) is 0 Å².